The molecule has 2 nitrogen and oxygen atoms in total. The molecule has 0 heterocycles. The molecule has 0 aromatic heterocycles. The fourth-order valence-corrected chi connectivity index (χ4v) is 5.10. The van der Waals surface area contributed by atoms with E-state index in [1.807, 2.05) is 0 Å². The van der Waals surface area contributed by atoms with Crippen molar-refractivity contribution in [3.8, 4) is 0 Å². The van der Waals surface area contributed by atoms with E-state index in [4.69, 9.17) is 8.85 Å². The van der Waals surface area contributed by atoms with Gasteiger partial charge in [-0.05, 0) is 55.5 Å². The zero-order valence-corrected chi connectivity index (χ0v) is 18.1. The maximum absolute atomic E-state index is 6.57. The molecule has 126 valence electrons. The highest BCUT2D eigenvalue weighted by molar-refractivity contribution is 6.74. The Bertz CT molecular complexity index is 317. The molecular formula is C17H38O2Si2. The number of hydrogen-bond acceptors (Lipinski definition) is 2. The lowest BCUT2D eigenvalue weighted by atomic mass is 10.2. The molecule has 1 aliphatic carbocycles. The summed E-state index contributed by atoms with van der Waals surface area (Å²) >= 11 is 0. The van der Waals surface area contributed by atoms with Crippen molar-refractivity contribution < 1.29 is 8.85 Å². The summed E-state index contributed by atoms with van der Waals surface area (Å²) in [6, 6.07) is 0. The van der Waals surface area contributed by atoms with E-state index in [0.717, 1.165) is 6.42 Å². The van der Waals surface area contributed by atoms with Gasteiger partial charge in [0, 0.05) is 12.2 Å². The van der Waals surface area contributed by atoms with Crippen molar-refractivity contribution in [1.82, 2.24) is 0 Å². The first-order valence-corrected chi connectivity index (χ1v) is 14.3. The van der Waals surface area contributed by atoms with Crippen molar-refractivity contribution in [3.63, 3.8) is 0 Å². The Morgan fingerprint density at radius 3 is 1.19 bits per heavy atom. The quantitative estimate of drug-likeness (QED) is 0.593. The second-order valence-corrected chi connectivity index (χ2v) is 19.3. The topological polar surface area (TPSA) is 18.5 Å². The van der Waals surface area contributed by atoms with E-state index in [1.54, 1.807) is 0 Å². The lowest BCUT2D eigenvalue weighted by Crippen LogP contribution is -2.45. The van der Waals surface area contributed by atoms with Gasteiger partial charge >= 0.3 is 0 Å². The molecule has 0 aliphatic heterocycles. The van der Waals surface area contributed by atoms with Crippen LogP contribution in [-0.2, 0) is 8.85 Å². The lowest BCUT2D eigenvalue weighted by molar-refractivity contribution is 0.145. The fourth-order valence-electron chi connectivity index (χ4n) is 2.30. The van der Waals surface area contributed by atoms with Gasteiger partial charge < -0.3 is 8.85 Å². The highest BCUT2D eigenvalue weighted by Crippen LogP contribution is 2.42. The highest BCUT2D eigenvalue weighted by atomic mass is 28.4. The van der Waals surface area contributed by atoms with Crippen LogP contribution in [0.2, 0.25) is 36.3 Å². The van der Waals surface area contributed by atoms with E-state index in [-0.39, 0.29) is 0 Å². The van der Waals surface area contributed by atoms with Crippen molar-refractivity contribution in [2.24, 2.45) is 0 Å². The smallest absolute Gasteiger partial charge is 0.192 e. The van der Waals surface area contributed by atoms with Crippen LogP contribution in [0.4, 0.5) is 0 Å². The average molecular weight is 331 g/mol. The molecule has 2 atom stereocenters. The number of rotatable bonds is 4. The molecule has 0 bridgehead atoms. The van der Waals surface area contributed by atoms with Crippen LogP contribution in [-0.4, -0.2) is 28.8 Å². The van der Waals surface area contributed by atoms with E-state index in [2.05, 4.69) is 67.7 Å². The summed E-state index contributed by atoms with van der Waals surface area (Å²) in [7, 11) is -3.28. The van der Waals surface area contributed by atoms with Crippen LogP contribution in [0.3, 0.4) is 0 Å². The summed E-state index contributed by atoms with van der Waals surface area (Å²) in [5, 5.41) is 0.594. The van der Waals surface area contributed by atoms with Crippen molar-refractivity contribution in [2.75, 3.05) is 0 Å². The molecule has 4 heteroatoms. The molecule has 0 radical (unpaired) electrons. The molecular weight excluding hydrogens is 292 g/mol. The summed E-state index contributed by atoms with van der Waals surface area (Å²) in [6.07, 6.45) is 4.28. The predicted octanol–water partition coefficient (Wildman–Crippen LogP) is 5.95. The normalized spacial score (nSPS) is 25.4. The minimum atomic E-state index is -1.64. The Hall–Kier alpha value is 0.354. The average Bonchev–Trinajstić information content (AvgIpc) is 2.60. The maximum atomic E-state index is 6.57. The van der Waals surface area contributed by atoms with E-state index in [0.29, 0.717) is 22.3 Å². The summed E-state index contributed by atoms with van der Waals surface area (Å²) < 4.78 is 13.1. The summed E-state index contributed by atoms with van der Waals surface area (Å²) in [5.74, 6) is 0. The first-order chi connectivity index (χ1) is 9.16. The fraction of sp³-hybridized carbons (Fsp3) is 1.00. The van der Waals surface area contributed by atoms with E-state index in [1.165, 1.54) is 12.8 Å². The highest BCUT2D eigenvalue weighted by Gasteiger charge is 2.43. The molecule has 1 rings (SSSR count). The van der Waals surface area contributed by atoms with Gasteiger partial charge in [0.05, 0.1) is 0 Å². The van der Waals surface area contributed by atoms with Gasteiger partial charge in [0.1, 0.15) is 0 Å². The molecule has 1 aliphatic rings. The van der Waals surface area contributed by atoms with Crippen molar-refractivity contribution in [1.29, 1.82) is 0 Å². The molecule has 0 saturated heterocycles. The standard InChI is InChI=1S/C17H38O2Si2/c1-16(2,3)20(7,8)18-14-11-12-15(13-14)19-21(9,10)17(4,5)6/h14-15H,11-13H2,1-10H3. The monoisotopic (exact) mass is 330 g/mol. The van der Waals surface area contributed by atoms with Gasteiger partial charge in [0.25, 0.3) is 0 Å². The van der Waals surface area contributed by atoms with E-state index >= 15 is 0 Å². The summed E-state index contributed by atoms with van der Waals surface area (Å²) in [6.45, 7) is 23.3. The SMILES string of the molecule is CC(C)(C)[Si](C)(C)OC1CCC(O[Si](C)(C)C(C)(C)C)C1. The Morgan fingerprint density at radius 1 is 0.667 bits per heavy atom. The molecule has 0 amide bonds. The van der Waals surface area contributed by atoms with Crippen LogP contribution in [0.25, 0.3) is 0 Å². The van der Waals surface area contributed by atoms with Gasteiger partial charge in [-0.15, -0.1) is 0 Å². The van der Waals surface area contributed by atoms with Gasteiger partial charge in [-0.25, -0.2) is 0 Å². The van der Waals surface area contributed by atoms with E-state index < -0.39 is 16.6 Å². The Balaban J connectivity index is 2.58. The summed E-state index contributed by atoms with van der Waals surface area (Å²) in [5.41, 5.74) is 0. The van der Waals surface area contributed by atoms with Crippen LogP contribution in [0.5, 0.6) is 0 Å². The van der Waals surface area contributed by atoms with Gasteiger partial charge in [0.15, 0.2) is 16.6 Å². The minimum Gasteiger partial charge on any atom is -0.414 e. The maximum Gasteiger partial charge on any atom is 0.192 e. The van der Waals surface area contributed by atoms with Crippen molar-refractivity contribution in [3.05, 3.63) is 0 Å². The van der Waals surface area contributed by atoms with Crippen molar-refractivity contribution in [2.45, 2.75) is 109 Å². The van der Waals surface area contributed by atoms with Crippen LogP contribution in [0.1, 0.15) is 60.8 Å². The largest absolute Gasteiger partial charge is 0.414 e. The molecule has 21 heavy (non-hydrogen) atoms. The Kier molecular flexibility index (Phi) is 5.64. The van der Waals surface area contributed by atoms with Crippen LogP contribution < -0.4 is 0 Å². The third-order valence-corrected chi connectivity index (χ3v) is 14.9. The minimum absolute atomic E-state index is 0.297. The third kappa shape index (κ3) is 4.91. The number of hydrogen-bond donors (Lipinski definition) is 0. The molecule has 1 saturated carbocycles. The van der Waals surface area contributed by atoms with Gasteiger partial charge in [-0.3, -0.25) is 0 Å². The first kappa shape index (κ1) is 19.4. The van der Waals surface area contributed by atoms with Crippen molar-refractivity contribution >= 4 is 16.6 Å². The van der Waals surface area contributed by atoms with Crippen LogP contribution in [0.15, 0.2) is 0 Å². The first-order valence-electron chi connectivity index (χ1n) is 8.51. The van der Waals surface area contributed by atoms with Gasteiger partial charge in [0.2, 0.25) is 0 Å². The second-order valence-electron chi connectivity index (χ2n) is 9.81. The molecule has 0 aromatic carbocycles. The third-order valence-electron chi connectivity index (χ3n) is 5.87. The van der Waals surface area contributed by atoms with E-state index in [9.17, 15) is 0 Å². The second kappa shape index (κ2) is 6.10. The molecule has 1 fully saturated rings. The predicted molar refractivity (Wildman–Crippen MR) is 98.0 cm³/mol. The Labute approximate surface area is 135 Å². The molecule has 2 unspecified atom stereocenters. The zero-order chi connectivity index (χ0) is 16.7. The van der Waals surface area contributed by atoms with Crippen LogP contribution >= 0.6 is 0 Å². The zero-order valence-electron chi connectivity index (χ0n) is 16.1. The van der Waals surface area contributed by atoms with Gasteiger partial charge in [-0.1, -0.05) is 41.5 Å². The van der Waals surface area contributed by atoms with Gasteiger partial charge in [-0.2, -0.15) is 0 Å². The lowest BCUT2D eigenvalue weighted by Gasteiger charge is -2.39. The molecule has 0 spiro atoms. The Morgan fingerprint density at radius 2 is 0.952 bits per heavy atom. The van der Waals surface area contributed by atoms with Crippen LogP contribution in [0, 0.1) is 0 Å². The molecule has 0 N–H and O–H groups in total. The molecule has 0 aromatic rings. The summed E-state index contributed by atoms with van der Waals surface area (Å²) in [4.78, 5) is 0.